The molecule has 4 nitrogen and oxygen atoms in total. The minimum absolute atomic E-state index is 0.248. The van der Waals surface area contributed by atoms with Crippen LogP contribution in [0.4, 0.5) is 4.79 Å². The third kappa shape index (κ3) is 7.13. The SMILES string of the molecule is CC(C)CNC[C@@H]1CCCC[C@@H]1NC(=O)OC(C)(C)C. The second kappa shape index (κ2) is 7.87. The smallest absolute Gasteiger partial charge is 0.407 e. The first-order valence-corrected chi connectivity index (χ1v) is 7.98. The third-order valence-corrected chi connectivity index (χ3v) is 3.57. The van der Waals surface area contributed by atoms with Gasteiger partial charge in [-0.05, 0) is 58.5 Å². The zero-order chi connectivity index (χ0) is 15.2. The number of nitrogens with one attached hydrogen (secondary N) is 2. The molecule has 1 saturated carbocycles. The van der Waals surface area contributed by atoms with Crippen molar-refractivity contribution in [3.8, 4) is 0 Å². The predicted molar refractivity (Wildman–Crippen MR) is 82.8 cm³/mol. The molecule has 1 amide bonds. The van der Waals surface area contributed by atoms with Crippen molar-refractivity contribution in [3.63, 3.8) is 0 Å². The number of ether oxygens (including phenoxy) is 1. The van der Waals surface area contributed by atoms with Crippen LogP contribution in [0.2, 0.25) is 0 Å². The zero-order valence-corrected chi connectivity index (χ0v) is 13.8. The molecule has 0 radical (unpaired) electrons. The Labute approximate surface area is 124 Å². The Morgan fingerprint density at radius 3 is 2.50 bits per heavy atom. The van der Waals surface area contributed by atoms with E-state index in [1.165, 1.54) is 19.3 Å². The van der Waals surface area contributed by atoms with Gasteiger partial charge in [-0.2, -0.15) is 0 Å². The first kappa shape index (κ1) is 17.3. The van der Waals surface area contributed by atoms with E-state index in [0.29, 0.717) is 11.8 Å². The molecule has 2 N–H and O–H groups in total. The molecule has 1 aliphatic rings. The van der Waals surface area contributed by atoms with Crippen molar-refractivity contribution in [2.45, 2.75) is 71.9 Å². The van der Waals surface area contributed by atoms with E-state index >= 15 is 0 Å². The van der Waals surface area contributed by atoms with E-state index in [0.717, 1.165) is 19.5 Å². The van der Waals surface area contributed by atoms with Gasteiger partial charge in [0.15, 0.2) is 0 Å². The predicted octanol–water partition coefficient (Wildman–Crippen LogP) is 3.32. The second-order valence-corrected chi connectivity index (χ2v) is 7.35. The molecule has 0 aromatic carbocycles. The van der Waals surface area contributed by atoms with Gasteiger partial charge in [0.1, 0.15) is 5.60 Å². The second-order valence-electron chi connectivity index (χ2n) is 7.35. The molecule has 0 aliphatic heterocycles. The van der Waals surface area contributed by atoms with Crippen molar-refractivity contribution in [2.75, 3.05) is 13.1 Å². The quantitative estimate of drug-likeness (QED) is 0.814. The molecule has 0 unspecified atom stereocenters. The molecule has 1 aliphatic carbocycles. The normalized spacial score (nSPS) is 23.7. The van der Waals surface area contributed by atoms with E-state index in [4.69, 9.17) is 4.74 Å². The van der Waals surface area contributed by atoms with Gasteiger partial charge in [0, 0.05) is 6.04 Å². The molecule has 4 heteroatoms. The minimum atomic E-state index is -0.426. The molecule has 20 heavy (non-hydrogen) atoms. The van der Waals surface area contributed by atoms with Crippen LogP contribution in [0.5, 0.6) is 0 Å². The van der Waals surface area contributed by atoms with Crippen molar-refractivity contribution in [3.05, 3.63) is 0 Å². The van der Waals surface area contributed by atoms with Crippen LogP contribution in [0, 0.1) is 11.8 Å². The van der Waals surface area contributed by atoms with Gasteiger partial charge >= 0.3 is 6.09 Å². The molecule has 0 saturated heterocycles. The first-order chi connectivity index (χ1) is 9.28. The highest BCUT2D eigenvalue weighted by atomic mass is 16.6. The van der Waals surface area contributed by atoms with Gasteiger partial charge in [-0.15, -0.1) is 0 Å². The molecule has 1 fully saturated rings. The summed E-state index contributed by atoms with van der Waals surface area (Å²) in [6.45, 7) is 12.1. The Morgan fingerprint density at radius 2 is 1.90 bits per heavy atom. The van der Waals surface area contributed by atoms with E-state index in [1.54, 1.807) is 0 Å². The van der Waals surface area contributed by atoms with Crippen LogP contribution in [0.1, 0.15) is 60.3 Å². The first-order valence-electron chi connectivity index (χ1n) is 7.98. The summed E-state index contributed by atoms with van der Waals surface area (Å²) in [6, 6.07) is 0.248. The summed E-state index contributed by atoms with van der Waals surface area (Å²) >= 11 is 0. The van der Waals surface area contributed by atoms with Crippen LogP contribution in [0.25, 0.3) is 0 Å². The van der Waals surface area contributed by atoms with Crippen molar-refractivity contribution >= 4 is 6.09 Å². The standard InChI is InChI=1S/C16H32N2O2/c1-12(2)10-17-11-13-8-6-7-9-14(13)18-15(19)20-16(3,4)5/h12-14,17H,6-11H2,1-5H3,(H,18,19)/t13-,14-/m0/s1. The van der Waals surface area contributed by atoms with E-state index in [9.17, 15) is 4.79 Å². The molecule has 0 aromatic heterocycles. The fourth-order valence-electron chi connectivity index (χ4n) is 2.66. The maximum Gasteiger partial charge on any atom is 0.407 e. The Bertz CT molecular complexity index is 297. The summed E-state index contributed by atoms with van der Waals surface area (Å²) in [6.07, 6.45) is 4.43. The van der Waals surface area contributed by atoms with Crippen molar-refractivity contribution in [1.82, 2.24) is 10.6 Å². The largest absolute Gasteiger partial charge is 0.444 e. The number of carbonyl (C=O) groups excluding carboxylic acids is 1. The van der Waals surface area contributed by atoms with E-state index in [-0.39, 0.29) is 12.1 Å². The van der Waals surface area contributed by atoms with Crippen LogP contribution in [0.15, 0.2) is 0 Å². The number of hydrogen-bond donors (Lipinski definition) is 2. The highest BCUT2D eigenvalue weighted by Crippen LogP contribution is 2.24. The molecular weight excluding hydrogens is 252 g/mol. The number of hydrogen-bond acceptors (Lipinski definition) is 3. The van der Waals surface area contributed by atoms with Crippen molar-refractivity contribution < 1.29 is 9.53 Å². The molecule has 1 rings (SSSR count). The topological polar surface area (TPSA) is 50.4 Å². The summed E-state index contributed by atoms with van der Waals surface area (Å²) in [5.41, 5.74) is -0.426. The van der Waals surface area contributed by atoms with Gasteiger partial charge < -0.3 is 15.4 Å². The Hall–Kier alpha value is -0.770. The molecular formula is C16H32N2O2. The van der Waals surface area contributed by atoms with Crippen LogP contribution in [-0.2, 0) is 4.74 Å². The lowest BCUT2D eigenvalue weighted by atomic mass is 9.84. The van der Waals surface area contributed by atoms with Crippen LogP contribution >= 0.6 is 0 Å². The fourth-order valence-corrected chi connectivity index (χ4v) is 2.66. The number of rotatable bonds is 5. The Morgan fingerprint density at radius 1 is 1.25 bits per heavy atom. The average Bonchev–Trinajstić information content (AvgIpc) is 2.28. The van der Waals surface area contributed by atoms with Crippen LogP contribution < -0.4 is 10.6 Å². The third-order valence-electron chi connectivity index (χ3n) is 3.57. The van der Waals surface area contributed by atoms with Gasteiger partial charge in [0.2, 0.25) is 0 Å². The highest BCUT2D eigenvalue weighted by molar-refractivity contribution is 5.68. The minimum Gasteiger partial charge on any atom is -0.444 e. The average molecular weight is 284 g/mol. The van der Waals surface area contributed by atoms with Gasteiger partial charge in [-0.25, -0.2) is 4.79 Å². The van der Waals surface area contributed by atoms with E-state index in [1.807, 2.05) is 20.8 Å². The number of alkyl carbamates (subject to hydrolysis) is 1. The van der Waals surface area contributed by atoms with E-state index in [2.05, 4.69) is 24.5 Å². The Kier molecular flexibility index (Phi) is 6.80. The maximum absolute atomic E-state index is 11.9. The molecule has 118 valence electrons. The fraction of sp³-hybridized carbons (Fsp3) is 0.938. The lowest BCUT2D eigenvalue weighted by Crippen LogP contribution is -2.47. The zero-order valence-electron chi connectivity index (χ0n) is 13.8. The molecule has 2 atom stereocenters. The lowest BCUT2D eigenvalue weighted by Gasteiger charge is -2.33. The summed E-state index contributed by atoms with van der Waals surface area (Å²) in [5.74, 6) is 1.19. The Balaban J connectivity index is 2.41. The molecule has 0 aromatic rings. The molecule has 0 heterocycles. The number of carbonyl (C=O) groups is 1. The van der Waals surface area contributed by atoms with Gasteiger partial charge in [0.25, 0.3) is 0 Å². The van der Waals surface area contributed by atoms with Gasteiger partial charge in [-0.3, -0.25) is 0 Å². The van der Waals surface area contributed by atoms with Gasteiger partial charge in [0.05, 0.1) is 0 Å². The van der Waals surface area contributed by atoms with Crippen molar-refractivity contribution in [2.24, 2.45) is 11.8 Å². The monoisotopic (exact) mass is 284 g/mol. The highest BCUT2D eigenvalue weighted by Gasteiger charge is 2.28. The summed E-state index contributed by atoms with van der Waals surface area (Å²) in [5, 5.41) is 6.58. The summed E-state index contributed by atoms with van der Waals surface area (Å²) < 4.78 is 5.36. The van der Waals surface area contributed by atoms with Crippen LogP contribution in [0.3, 0.4) is 0 Å². The number of amides is 1. The van der Waals surface area contributed by atoms with Crippen molar-refractivity contribution in [1.29, 1.82) is 0 Å². The molecule has 0 spiro atoms. The van der Waals surface area contributed by atoms with Gasteiger partial charge in [-0.1, -0.05) is 26.7 Å². The summed E-state index contributed by atoms with van der Waals surface area (Å²) in [7, 11) is 0. The summed E-state index contributed by atoms with van der Waals surface area (Å²) in [4.78, 5) is 11.9. The molecule has 0 bridgehead atoms. The lowest BCUT2D eigenvalue weighted by molar-refractivity contribution is 0.0469. The van der Waals surface area contributed by atoms with E-state index < -0.39 is 5.60 Å². The van der Waals surface area contributed by atoms with Crippen LogP contribution in [-0.4, -0.2) is 30.8 Å². The maximum atomic E-state index is 11.9.